The molecule has 0 bridgehead atoms. The number of ether oxygens (including phenoxy) is 2. The molecular weight excluding hydrogens is 226 g/mol. The van der Waals surface area contributed by atoms with Crippen molar-refractivity contribution in [1.82, 2.24) is 0 Å². The molecule has 0 radical (unpaired) electrons. The molecule has 0 aliphatic carbocycles. The van der Waals surface area contributed by atoms with Gasteiger partial charge in [-0.05, 0) is 12.1 Å². The predicted molar refractivity (Wildman–Crippen MR) is 65.5 cm³/mol. The smallest absolute Gasteiger partial charge is 0.123 e. The van der Waals surface area contributed by atoms with E-state index in [-0.39, 0.29) is 6.10 Å². The van der Waals surface area contributed by atoms with Gasteiger partial charge >= 0.3 is 0 Å². The molecule has 1 N–H and O–H groups in total. The first-order valence-electron chi connectivity index (χ1n) is 5.50. The van der Waals surface area contributed by atoms with Gasteiger partial charge in [0.05, 0.1) is 13.2 Å². The molecule has 1 aliphatic heterocycles. The van der Waals surface area contributed by atoms with E-state index in [4.69, 9.17) is 21.1 Å². The number of nitrogens with one attached hydrogen (secondary N) is 1. The van der Waals surface area contributed by atoms with Crippen LogP contribution < -0.4 is 10.1 Å². The minimum Gasteiger partial charge on any atom is -0.490 e. The van der Waals surface area contributed by atoms with E-state index in [1.54, 1.807) is 0 Å². The highest BCUT2D eigenvalue weighted by molar-refractivity contribution is 6.31. The fraction of sp³-hybridized carbons (Fsp3) is 0.500. The Morgan fingerprint density at radius 3 is 2.75 bits per heavy atom. The van der Waals surface area contributed by atoms with Crippen molar-refractivity contribution >= 4 is 17.3 Å². The van der Waals surface area contributed by atoms with E-state index in [9.17, 15) is 0 Å². The average molecular weight is 242 g/mol. The van der Waals surface area contributed by atoms with Crippen LogP contribution in [0.15, 0.2) is 18.2 Å². The Bertz CT molecular complexity index is 351. The highest BCUT2D eigenvalue weighted by atomic mass is 35.5. The molecule has 88 valence electrons. The Kier molecular flexibility index (Phi) is 3.91. The van der Waals surface area contributed by atoms with Gasteiger partial charge in [0.2, 0.25) is 0 Å². The number of anilines is 1. The monoisotopic (exact) mass is 241 g/mol. The molecule has 1 heterocycles. The van der Waals surface area contributed by atoms with Gasteiger partial charge in [-0.2, -0.15) is 0 Å². The van der Waals surface area contributed by atoms with Gasteiger partial charge in [0.15, 0.2) is 0 Å². The van der Waals surface area contributed by atoms with Crippen LogP contribution in [0, 0.1) is 0 Å². The maximum Gasteiger partial charge on any atom is 0.123 e. The Labute approximate surface area is 101 Å². The molecule has 2 rings (SSSR count). The van der Waals surface area contributed by atoms with Gasteiger partial charge in [-0.3, -0.25) is 0 Å². The second kappa shape index (κ2) is 5.41. The molecule has 0 spiro atoms. The fourth-order valence-corrected chi connectivity index (χ4v) is 1.99. The van der Waals surface area contributed by atoms with Crippen molar-refractivity contribution in [2.45, 2.75) is 18.9 Å². The van der Waals surface area contributed by atoms with Crippen LogP contribution in [0.2, 0.25) is 5.02 Å². The second-order valence-electron chi connectivity index (χ2n) is 3.86. The van der Waals surface area contributed by atoms with Crippen molar-refractivity contribution in [3.8, 4) is 5.75 Å². The molecule has 1 aromatic carbocycles. The maximum atomic E-state index is 6.00. The fourth-order valence-electron chi connectivity index (χ4n) is 1.76. The van der Waals surface area contributed by atoms with Crippen LogP contribution in [0.25, 0.3) is 0 Å². The summed E-state index contributed by atoms with van der Waals surface area (Å²) in [5.41, 5.74) is 0.967. The standard InChI is InChI=1S/C12H16ClNO2/c1-14-10-6-9(13)7-12(8-10)16-11-2-4-15-5-3-11/h6-8,11,14H,2-5H2,1H3. The SMILES string of the molecule is CNc1cc(Cl)cc(OC2CCOCC2)c1. The van der Waals surface area contributed by atoms with Gasteiger partial charge in [-0.25, -0.2) is 0 Å². The molecule has 3 nitrogen and oxygen atoms in total. The Morgan fingerprint density at radius 1 is 1.31 bits per heavy atom. The third kappa shape index (κ3) is 3.03. The van der Waals surface area contributed by atoms with E-state index in [0.717, 1.165) is 37.5 Å². The molecule has 0 amide bonds. The lowest BCUT2D eigenvalue weighted by Crippen LogP contribution is -2.25. The van der Waals surface area contributed by atoms with Crippen LogP contribution in [0.4, 0.5) is 5.69 Å². The largest absolute Gasteiger partial charge is 0.490 e. The predicted octanol–water partition coefficient (Wildman–Crippen LogP) is 2.94. The van der Waals surface area contributed by atoms with Crippen molar-refractivity contribution in [2.24, 2.45) is 0 Å². The van der Waals surface area contributed by atoms with Crippen LogP contribution in [-0.4, -0.2) is 26.4 Å². The van der Waals surface area contributed by atoms with E-state index >= 15 is 0 Å². The van der Waals surface area contributed by atoms with E-state index in [1.165, 1.54) is 0 Å². The minimum absolute atomic E-state index is 0.247. The Morgan fingerprint density at radius 2 is 2.06 bits per heavy atom. The zero-order chi connectivity index (χ0) is 11.4. The summed E-state index contributed by atoms with van der Waals surface area (Å²) in [6, 6.07) is 5.68. The number of benzene rings is 1. The average Bonchev–Trinajstić information content (AvgIpc) is 2.29. The molecular formula is C12H16ClNO2. The molecule has 0 saturated carbocycles. The molecule has 16 heavy (non-hydrogen) atoms. The Balaban J connectivity index is 2.04. The third-order valence-electron chi connectivity index (χ3n) is 2.63. The van der Waals surface area contributed by atoms with Gasteiger partial charge in [0, 0.05) is 36.7 Å². The van der Waals surface area contributed by atoms with Gasteiger partial charge in [-0.15, -0.1) is 0 Å². The summed E-state index contributed by atoms with van der Waals surface area (Å²) in [6.45, 7) is 1.56. The first kappa shape index (κ1) is 11.6. The Hall–Kier alpha value is -0.930. The highest BCUT2D eigenvalue weighted by Crippen LogP contribution is 2.26. The third-order valence-corrected chi connectivity index (χ3v) is 2.85. The quantitative estimate of drug-likeness (QED) is 0.883. The molecule has 1 fully saturated rings. The van der Waals surface area contributed by atoms with Crippen LogP contribution in [0.3, 0.4) is 0 Å². The normalized spacial score (nSPS) is 17.1. The van der Waals surface area contributed by atoms with Crippen LogP contribution in [-0.2, 0) is 4.74 Å². The summed E-state index contributed by atoms with van der Waals surface area (Å²) in [4.78, 5) is 0. The highest BCUT2D eigenvalue weighted by Gasteiger charge is 2.15. The molecule has 0 unspecified atom stereocenters. The van der Waals surface area contributed by atoms with Crippen LogP contribution >= 0.6 is 11.6 Å². The van der Waals surface area contributed by atoms with Crippen molar-refractivity contribution < 1.29 is 9.47 Å². The van der Waals surface area contributed by atoms with E-state index in [2.05, 4.69) is 5.32 Å². The van der Waals surface area contributed by atoms with E-state index < -0.39 is 0 Å². The van der Waals surface area contributed by atoms with Crippen molar-refractivity contribution in [1.29, 1.82) is 0 Å². The number of hydrogen-bond donors (Lipinski definition) is 1. The number of halogens is 1. The van der Waals surface area contributed by atoms with Crippen molar-refractivity contribution in [3.63, 3.8) is 0 Å². The molecule has 1 aliphatic rings. The van der Waals surface area contributed by atoms with Gasteiger partial charge in [-0.1, -0.05) is 11.6 Å². The van der Waals surface area contributed by atoms with Gasteiger partial charge in [0.1, 0.15) is 11.9 Å². The van der Waals surface area contributed by atoms with Gasteiger partial charge < -0.3 is 14.8 Å². The zero-order valence-electron chi connectivity index (χ0n) is 9.33. The summed E-state index contributed by atoms with van der Waals surface area (Å²) >= 11 is 6.00. The summed E-state index contributed by atoms with van der Waals surface area (Å²) in [5.74, 6) is 0.823. The first-order chi connectivity index (χ1) is 7.78. The maximum absolute atomic E-state index is 6.00. The summed E-state index contributed by atoms with van der Waals surface area (Å²) in [6.07, 6.45) is 2.14. The van der Waals surface area contributed by atoms with E-state index in [1.807, 2.05) is 25.2 Å². The topological polar surface area (TPSA) is 30.5 Å². The van der Waals surface area contributed by atoms with Crippen molar-refractivity contribution in [3.05, 3.63) is 23.2 Å². The lowest BCUT2D eigenvalue weighted by molar-refractivity contribution is 0.0256. The zero-order valence-corrected chi connectivity index (χ0v) is 10.1. The van der Waals surface area contributed by atoms with E-state index in [0.29, 0.717) is 5.02 Å². The van der Waals surface area contributed by atoms with Crippen LogP contribution in [0.1, 0.15) is 12.8 Å². The summed E-state index contributed by atoms with van der Waals surface area (Å²) in [5, 5.41) is 3.75. The minimum atomic E-state index is 0.247. The molecule has 0 atom stereocenters. The van der Waals surface area contributed by atoms with Gasteiger partial charge in [0.25, 0.3) is 0 Å². The molecule has 1 aromatic rings. The molecule has 0 aromatic heterocycles. The lowest BCUT2D eigenvalue weighted by atomic mass is 10.1. The number of rotatable bonds is 3. The molecule has 1 saturated heterocycles. The summed E-state index contributed by atoms with van der Waals surface area (Å²) in [7, 11) is 1.86. The van der Waals surface area contributed by atoms with Crippen molar-refractivity contribution in [2.75, 3.05) is 25.6 Å². The molecule has 4 heteroatoms. The van der Waals surface area contributed by atoms with Crippen LogP contribution in [0.5, 0.6) is 5.75 Å². The summed E-state index contributed by atoms with van der Waals surface area (Å²) < 4.78 is 11.2. The first-order valence-corrected chi connectivity index (χ1v) is 5.88. The number of hydrogen-bond acceptors (Lipinski definition) is 3. The second-order valence-corrected chi connectivity index (χ2v) is 4.29. The lowest BCUT2D eigenvalue weighted by Gasteiger charge is -2.23.